The van der Waals surface area contributed by atoms with E-state index in [0.717, 1.165) is 68.2 Å². The van der Waals surface area contributed by atoms with Crippen molar-refractivity contribution in [2.24, 2.45) is 0 Å². The molecule has 3 aromatic rings. The minimum Gasteiger partial charge on any atom is -0.489 e. The minimum absolute atomic E-state index is 0.0830. The summed E-state index contributed by atoms with van der Waals surface area (Å²) in [6.45, 7) is 6.23. The average Bonchev–Trinajstić information content (AvgIpc) is 2.95. The second kappa shape index (κ2) is 12.2. The second-order valence-electron chi connectivity index (χ2n) is 9.51. The molecular formula is C29H33N5O3. The Labute approximate surface area is 218 Å². The first-order valence-corrected chi connectivity index (χ1v) is 13.0. The summed E-state index contributed by atoms with van der Waals surface area (Å²) in [5, 5.41) is 18.9. The standard InChI is InChI=1S/C29H33N5O3/c30-21-24-20-23(3-6-28(24)37-26-8-17-36-18-9-26)27-7-10-31-29(32-27)19-22-1-4-25(5-2-22)34-13-11-33(12-14-34)15-16-35/h1-7,10,20,26,35H,8-9,11-19H2. The lowest BCUT2D eigenvalue weighted by Crippen LogP contribution is -2.47. The fourth-order valence-electron chi connectivity index (χ4n) is 4.88. The van der Waals surface area contributed by atoms with Gasteiger partial charge in [-0.3, -0.25) is 4.90 Å². The van der Waals surface area contributed by atoms with Gasteiger partial charge in [-0.15, -0.1) is 0 Å². The van der Waals surface area contributed by atoms with Gasteiger partial charge in [-0.2, -0.15) is 5.26 Å². The predicted octanol–water partition coefficient (Wildman–Crippen LogP) is 3.28. The third-order valence-corrected chi connectivity index (χ3v) is 7.02. The normalized spacial score (nSPS) is 16.9. The van der Waals surface area contributed by atoms with E-state index in [1.54, 1.807) is 6.20 Å². The Morgan fingerprint density at radius 2 is 1.81 bits per heavy atom. The summed E-state index contributed by atoms with van der Waals surface area (Å²) in [4.78, 5) is 13.9. The van der Waals surface area contributed by atoms with Crippen LogP contribution < -0.4 is 9.64 Å². The second-order valence-corrected chi connectivity index (χ2v) is 9.51. The van der Waals surface area contributed by atoms with E-state index in [0.29, 0.717) is 30.9 Å². The highest BCUT2D eigenvalue weighted by Gasteiger charge is 2.18. The summed E-state index contributed by atoms with van der Waals surface area (Å²) in [5.41, 5.74) is 4.54. The van der Waals surface area contributed by atoms with Gasteiger partial charge in [-0.25, -0.2) is 9.97 Å². The third kappa shape index (κ3) is 6.44. The van der Waals surface area contributed by atoms with Gasteiger partial charge in [0, 0.05) is 69.4 Å². The summed E-state index contributed by atoms with van der Waals surface area (Å²) in [7, 11) is 0. The first-order chi connectivity index (χ1) is 18.2. The summed E-state index contributed by atoms with van der Waals surface area (Å²) >= 11 is 0. The van der Waals surface area contributed by atoms with Crippen LogP contribution in [-0.4, -0.2) is 78.6 Å². The molecule has 2 aromatic carbocycles. The van der Waals surface area contributed by atoms with Crippen molar-refractivity contribution in [2.75, 3.05) is 57.4 Å². The molecule has 1 aromatic heterocycles. The molecule has 0 saturated carbocycles. The number of nitrogens with zero attached hydrogens (tertiary/aromatic N) is 5. The quantitative estimate of drug-likeness (QED) is 0.505. The first kappa shape index (κ1) is 25.2. The molecule has 0 bridgehead atoms. The smallest absolute Gasteiger partial charge is 0.137 e. The molecule has 0 atom stereocenters. The van der Waals surface area contributed by atoms with Crippen LogP contribution in [0, 0.1) is 11.3 Å². The highest BCUT2D eigenvalue weighted by Crippen LogP contribution is 2.28. The van der Waals surface area contributed by atoms with Crippen LogP contribution in [-0.2, 0) is 11.2 Å². The van der Waals surface area contributed by atoms with Gasteiger partial charge in [0.05, 0.1) is 31.1 Å². The van der Waals surface area contributed by atoms with Gasteiger partial charge in [0.2, 0.25) is 0 Å². The molecule has 8 heteroatoms. The number of hydrogen-bond acceptors (Lipinski definition) is 8. The number of β-amino-alcohol motifs (C(OH)–C–C–N with tert-alkyl or cyclic N) is 1. The number of benzene rings is 2. The Morgan fingerprint density at radius 3 is 2.54 bits per heavy atom. The van der Waals surface area contributed by atoms with Gasteiger partial charge >= 0.3 is 0 Å². The molecule has 3 heterocycles. The van der Waals surface area contributed by atoms with E-state index in [2.05, 4.69) is 45.1 Å². The van der Waals surface area contributed by atoms with Crippen LogP contribution in [0.2, 0.25) is 0 Å². The van der Waals surface area contributed by atoms with Crippen molar-refractivity contribution in [3.05, 3.63) is 71.7 Å². The summed E-state index contributed by atoms with van der Waals surface area (Å²) in [6, 6.07) is 18.4. The molecule has 0 amide bonds. The Morgan fingerprint density at radius 1 is 1.03 bits per heavy atom. The van der Waals surface area contributed by atoms with E-state index < -0.39 is 0 Å². The fourth-order valence-corrected chi connectivity index (χ4v) is 4.88. The zero-order chi connectivity index (χ0) is 25.5. The third-order valence-electron chi connectivity index (χ3n) is 7.02. The monoisotopic (exact) mass is 499 g/mol. The Balaban J connectivity index is 1.24. The number of aliphatic hydroxyl groups is 1. The van der Waals surface area contributed by atoms with Crippen LogP contribution in [0.1, 0.15) is 29.8 Å². The number of rotatable bonds is 8. The molecule has 8 nitrogen and oxygen atoms in total. The molecule has 2 aliphatic heterocycles. The van der Waals surface area contributed by atoms with Gasteiger partial charge in [0.15, 0.2) is 0 Å². The highest BCUT2D eigenvalue weighted by atomic mass is 16.5. The molecule has 2 fully saturated rings. The number of nitriles is 1. The molecular weight excluding hydrogens is 466 g/mol. The Hall–Kier alpha value is -3.51. The molecule has 5 rings (SSSR count). The molecule has 0 radical (unpaired) electrons. The van der Waals surface area contributed by atoms with Crippen LogP contribution in [0.5, 0.6) is 5.75 Å². The highest BCUT2D eigenvalue weighted by molar-refractivity contribution is 5.64. The number of aliphatic hydroxyl groups excluding tert-OH is 1. The predicted molar refractivity (Wildman–Crippen MR) is 142 cm³/mol. The Kier molecular flexibility index (Phi) is 8.26. The summed E-state index contributed by atoms with van der Waals surface area (Å²) in [6.07, 6.45) is 4.17. The number of aromatic nitrogens is 2. The van der Waals surface area contributed by atoms with Crippen LogP contribution in [0.15, 0.2) is 54.7 Å². The SMILES string of the molecule is N#Cc1cc(-c2ccnc(Cc3ccc(N4CCN(CCO)CC4)cc3)n2)ccc1OC1CCOCC1. The Bertz CT molecular complexity index is 1210. The zero-order valence-electron chi connectivity index (χ0n) is 21.1. The molecule has 0 spiro atoms. The van der Waals surface area contributed by atoms with Crippen molar-refractivity contribution in [3.63, 3.8) is 0 Å². The van der Waals surface area contributed by atoms with Crippen LogP contribution >= 0.6 is 0 Å². The molecule has 1 N–H and O–H groups in total. The largest absolute Gasteiger partial charge is 0.489 e. The zero-order valence-corrected chi connectivity index (χ0v) is 21.1. The molecule has 37 heavy (non-hydrogen) atoms. The maximum Gasteiger partial charge on any atom is 0.137 e. The fraction of sp³-hybridized carbons (Fsp3) is 0.414. The number of ether oxygens (including phenoxy) is 2. The first-order valence-electron chi connectivity index (χ1n) is 13.0. The van der Waals surface area contributed by atoms with Crippen molar-refractivity contribution in [3.8, 4) is 23.1 Å². The van der Waals surface area contributed by atoms with Gasteiger partial charge in [-0.05, 0) is 42.0 Å². The molecule has 2 aliphatic rings. The van der Waals surface area contributed by atoms with E-state index in [4.69, 9.17) is 19.6 Å². The molecule has 0 aliphatic carbocycles. The minimum atomic E-state index is 0.0830. The van der Waals surface area contributed by atoms with Gasteiger partial charge < -0.3 is 19.5 Å². The number of piperazine rings is 1. The van der Waals surface area contributed by atoms with Crippen LogP contribution in [0.4, 0.5) is 5.69 Å². The number of anilines is 1. The van der Waals surface area contributed by atoms with Crippen molar-refractivity contribution in [1.82, 2.24) is 14.9 Å². The molecule has 2 saturated heterocycles. The van der Waals surface area contributed by atoms with Gasteiger partial charge in [-0.1, -0.05) is 12.1 Å². The van der Waals surface area contributed by atoms with E-state index in [-0.39, 0.29) is 12.7 Å². The topological polar surface area (TPSA) is 94.7 Å². The van der Waals surface area contributed by atoms with Gasteiger partial charge in [0.1, 0.15) is 23.7 Å². The van der Waals surface area contributed by atoms with Crippen LogP contribution in [0.3, 0.4) is 0 Å². The molecule has 192 valence electrons. The maximum absolute atomic E-state index is 9.72. The lowest BCUT2D eigenvalue weighted by molar-refractivity contribution is 0.0254. The average molecular weight is 500 g/mol. The lowest BCUT2D eigenvalue weighted by atomic mass is 10.1. The maximum atomic E-state index is 9.72. The van der Waals surface area contributed by atoms with Crippen molar-refractivity contribution < 1.29 is 14.6 Å². The lowest BCUT2D eigenvalue weighted by Gasteiger charge is -2.35. The molecule has 0 unspecified atom stereocenters. The van der Waals surface area contributed by atoms with Crippen molar-refractivity contribution in [1.29, 1.82) is 5.26 Å². The van der Waals surface area contributed by atoms with E-state index >= 15 is 0 Å². The number of hydrogen-bond donors (Lipinski definition) is 1. The van der Waals surface area contributed by atoms with E-state index in [1.807, 2.05) is 24.3 Å². The van der Waals surface area contributed by atoms with Crippen molar-refractivity contribution in [2.45, 2.75) is 25.4 Å². The summed E-state index contributed by atoms with van der Waals surface area (Å²) in [5.74, 6) is 1.35. The van der Waals surface area contributed by atoms with E-state index in [1.165, 1.54) is 5.69 Å². The van der Waals surface area contributed by atoms with Crippen LogP contribution in [0.25, 0.3) is 11.3 Å². The van der Waals surface area contributed by atoms with Gasteiger partial charge in [0.25, 0.3) is 0 Å². The van der Waals surface area contributed by atoms with E-state index in [9.17, 15) is 5.26 Å². The summed E-state index contributed by atoms with van der Waals surface area (Å²) < 4.78 is 11.5. The van der Waals surface area contributed by atoms with Crippen molar-refractivity contribution >= 4 is 5.69 Å².